The van der Waals surface area contributed by atoms with Gasteiger partial charge in [-0.25, -0.2) is 4.79 Å². The molecular formula is C23H15ClO3. The van der Waals surface area contributed by atoms with E-state index < -0.39 is 0 Å². The highest BCUT2D eigenvalue weighted by Gasteiger charge is 2.22. The van der Waals surface area contributed by atoms with Crippen LogP contribution in [0.4, 0.5) is 0 Å². The van der Waals surface area contributed by atoms with Crippen molar-refractivity contribution in [1.82, 2.24) is 0 Å². The van der Waals surface area contributed by atoms with Gasteiger partial charge in [-0.3, -0.25) is 0 Å². The van der Waals surface area contributed by atoms with Crippen molar-refractivity contribution in [2.75, 3.05) is 0 Å². The summed E-state index contributed by atoms with van der Waals surface area (Å²) in [5, 5.41) is 0.619. The van der Waals surface area contributed by atoms with Crippen LogP contribution in [0.2, 0.25) is 5.02 Å². The van der Waals surface area contributed by atoms with Crippen molar-refractivity contribution in [3.8, 4) is 11.5 Å². The number of halogens is 1. The lowest BCUT2D eigenvalue weighted by molar-refractivity contribution is -0.130. The molecule has 0 N–H and O–H groups in total. The third kappa shape index (κ3) is 4.10. The lowest BCUT2D eigenvalue weighted by atomic mass is 10.1. The number of esters is 1. The summed E-state index contributed by atoms with van der Waals surface area (Å²) in [6.45, 7) is 0. The summed E-state index contributed by atoms with van der Waals surface area (Å²) in [5.41, 5.74) is 2.13. The Kier molecular flexibility index (Phi) is 4.77. The predicted molar refractivity (Wildman–Crippen MR) is 106 cm³/mol. The molecular weight excluding hydrogens is 360 g/mol. The molecule has 27 heavy (non-hydrogen) atoms. The first-order valence-corrected chi connectivity index (χ1v) is 8.80. The molecule has 0 atom stereocenters. The molecule has 4 rings (SSSR count). The summed E-state index contributed by atoms with van der Waals surface area (Å²) < 4.78 is 11.2. The molecule has 1 heterocycles. The number of carbonyl (C=O) groups is 1. The van der Waals surface area contributed by atoms with E-state index in [4.69, 9.17) is 21.1 Å². The summed E-state index contributed by atoms with van der Waals surface area (Å²) in [5.74, 6) is 1.61. The molecule has 0 fully saturated rings. The molecule has 3 aromatic carbocycles. The molecule has 0 aromatic heterocycles. The van der Waals surface area contributed by atoms with Gasteiger partial charge in [-0.2, -0.15) is 0 Å². The number of ether oxygens (including phenoxy) is 2. The molecule has 1 aliphatic rings. The molecule has 4 heteroatoms. The van der Waals surface area contributed by atoms with E-state index in [1.807, 2.05) is 66.7 Å². The van der Waals surface area contributed by atoms with Crippen molar-refractivity contribution in [2.24, 2.45) is 0 Å². The average Bonchev–Trinajstić information content (AvgIpc) is 3.04. The molecule has 0 radical (unpaired) electrons. The second-order valence-electron chi connectivity index (χ2n) is 5.99. The lowest BCUT2D eigenvalue weighted by Crippen LogP contribution is -1.97. The van der Waals surface area contributed by atoms with Crippen molar-refractivity contribution in [1.29, 1.82) is 0 Å². The second kappa shape index (κ2) is 7.52. The van der Waals surface area contributed by atoms with Gasteiger partial charge in [0.25, 0.3) is 0 Å². The topological polar surface area (TPSA) is 35.5 Å². The van der Waals surface area contributed by atoms with Gasteiger partial charge < -0.3 is 9.47 Å². The molecule has 0 amide bonds. The van der Waals surface area contributed by atoms with Gasteiger partial charge in [0.2, 0.25) is 0 Å². The van der Waals surface area contributed by atoms with E-state index in [1.54, 1.807) is 24.3 Å². The fourth-order valence-corrected chi connectivity index (χ4v) is 2.92. The molecule has 3 aromatic rings. The van der Waals surface area contributed by atoms with Crippen LogP contribution in [0.15, 0.2) is 90.5 Å². The fraction of sp³-hybridized carbons (Fsp3) is 0. The Balaban J connectivity index is 1.54. The number of hydrogen-bond donors (Lipinski definition) is 0. The van der Waals surface area contributed by atoms with Crippen LogP contribution in [0, 0.1) is 0 Å². The van der Waals surface area contributed by atoms with E-state index in [2.05, 4.69) is 0 Å². The van der Waals surface area contributed by atoms with E-state index >= 15 is 0 Å². The van der Waals surface area contributed by atoms with Crippen LogP contribution < -0.4 is 4.74 Å². The van der Waals surface area contributed by atoms with Gasteiger partial charge in [0.1, 0.15) is 17.3 Å². The van der Waals surface area contributed by atoms with Crippen molar-refractivity contribution < 1.29 is 14.3 Å². The lowest BCUT2D eigenvalue weighted by Gasteiger charge is -2.06. The Bertz CT molecular complexity index is 1030. The SMILES string of the molecule is O=C1OC(c2ccc(Oc3ccccc3)cc2)=C/C1=C\c1cccc(Cl)c1. The summed E-state index contributed by atoms with van der Waals surface area (Å²) in [6.07, 6.45) is 3.49. The van der Waals surface area contributed by atoms with Crippen molar-refractivity contribution in [3.63, 3.8) is 0 Å². The number of hydrogen-bond acceptors (Lipinski definition) is 3. The monoisotopic (exact) mass is 374 g/mol. The number of benzene rings is 3. The van der Waals surface area contributed by atoms with Crippen LogP contribution >= 0.6 is 11.6 Å². The molecule has 132 valence electrons. The smallest absolute Gasteiger partial charge is 0.343 e. The van der Waals surface area contributed by atoms with Gasteiger partial charge >= 0.3 is 5.97 Å². The zero-order valence-corrected chi connectivity index (χ0v) is 15.0. The number of cyclic esters (lactones) is 1. The molecule has 0 bridgehead atoms. The third-order valence-electron chi connectivity index (χ3n) is 4.01. The van der Waals surface area contributed by atoms with Gasteiger partial charge in [0, 0.05) is 10.6 Å². The minimum atomic E-state index is -0.380. The Morgan fingerprint density at radius 2 is 1.59 bits per heavy atom. The first kappa shape index (κ1) is 17.1. The Morgan fingerprint density at radius 1 is 0.852 bits per heavy atom. The van der Waals surface area contributed by atoms with E-state index in [1.165, 1.54) is 0 Å². The Morgan fingerprint density at radius 3 is 2.33 bits per heavy atom. The first-order valence-electron chi connectivity index (χ1n) is 8.42. The Labute approximate surface area is 162 Å². The van der Waals surface area contributed by atoms with Crippen LogP contribution in [0.5, 0.6) is 11.5 Å². The summed E-state index contributed by atoms with van der Waals surface area (Å²) >= 11 is 5.99. The maximum atomic E-state index is 12.2. The summed E-state index contributed by atoms with van der Waals surface area (Å²) in [7, 11) is 0. The van der Waals surface area contributed by atoms with E-state index in [0.717, 1.165) is 16.9 Å². The molecule has 0 saturated carbocycles. The zero-order valence-electron chi connectivity index (χ0n) is 14.3. The zero-order chi connectivity index (χ0) is 18.6. The van der Waals surface area contributed by atoms with Crippen LogP contribution in [-0.2, 0) is 9.53 Å². The number of rotatable bonds is 4. The highest BCUT2D eigenvalue weighted by molar-refractivity contribution is 6.30. The molecule has 1 aliphatic heterocycles. The third-order valence-corrected chi connectivity index (χ3v) is 4.25. The quantitative estimate of drug-likeness (QED) is 0.408. The molecule has 0 saturated heterocycles. The minimum Gasteiger partial charge on any atom is -0.457 e. The van der Waals surface area contributed by atoms with Gasteiger partial charge in [0.05, 0.1) is 5.57 Å². The number of para-hydroxylation sites is 1. The largest absolute Gasteiger partial charge is 0.457 e. The van der Waals surface area contributed by atoms with Crippen LogP contribution in [0.3, 0.4) is 0 Å². The maximum absolute atomic E-state index is 12.2. The van der Waals surface area contributed by atoms with Crippen molar-refractivity contribution in [3.05, 3.63) is 107 Å². The normalized spacial score (nSPS) is 14.8. The number of carbonyl (C=O) groups excluding carboxylic acids is 1. The average molecular weight is 375 g/mol. The summed E-state index contributed by atoms with van der Waals surface area (Å²) in [6, 6.07) is 24.3. The molecule has 3 nitrogen and oxygen atoms in total. The van der Waals surface area contributed by atoms with Crippen molar-refractivity contribution in [2.45, 2.75) is 0 Å². The van der Waals surface area contributed by atoms with E-state index in [0.29, 0.717) is 22.1 Å². The van der Waals surface area contributed by atoms with E-state index in [-0.39, 0.29) is 5.97 Å². The molecule has 0 spiro atoms. The Hall–Kier alpha value is -3.30. The minimum absolute atomic E-state index is 0.380. The van der Waals surface area contributed by atoms with Gasteiger partial charge in [-0.1, -0.05) is 41.9 Å². The fourth-order valence-electron chi connectivity index (χ4n) is 2.72. The maximum Gasteiger partial charge on any atom is 0.343 e. The highest BCUT2D eigenvalue weighted by atomic mass is 35.5. The van der Waals surface area contributed by atoms with Gasteiger partial charge in [-0.15, -0.1) is 0 Å². The summed E-state index contributed by atoms with van der Waals surface area (Å²) in [4.78, 5) is 12.2. The van der Waals surface area contributed by atoms with Crippen LogP contribution in [0.1, 0.15) is 11.1 Å². The van der Waals surface area contributed by atoms with Gasteiger partial charge in [-0.05, 0) is 66.2 Å². The molecule has 0 aliphatic carbocycles. The van der Waals surface area contributed by atoms with Crippen molar-refractivity contribution >= 4 is 29.4 Å². The van der Waals surface area contributed by atoms with Gasteiger partial charge in [0.15, 0.2) is 0 Å². The second-order valence-corrected chi connectivity index (χ2v) is 6.43. The molecule has 0 unspecified atom stereocenters. The highest BCUT2D eigenvalue weighted by Crippen LogP contribution is 2.30. The van der Waals surface area contributed by atoms with Crippen LogP contribution in [0.25, 0.3) is 11.8 Å². The van der Waals surface area contributed by atoms with Crippen LogP contribution in [-0.4, -0.2) is 5.97 Å². The van der Waals surface area contributed by atoms with E-state index in [9.17, 15) is 4.79 Å². The first-order chi connectivity index (χ1) is 13.2. The predicted octanol–water partition coefficient (Wildman–Crippen LogP) is 6.11. The standard InChI is InChI=1S/C23H15ClO3/c24-19-6-4-5-16(14-19)13-18-15-22(27-23(18)25)17-9-11-21(12-10-17)26-20-7-2-1-3-8-20/h1-15H/b18-13+.